The molecule has 1 unspecified atom stereocenters. The van der Waals surface area contributed by atoms with Crippen molar-refractivity contribution in [3.63, 3.8) is 0 Å². The first-order valence-electron chi connectivity index (χ1n) is 28.1. The largest absolute Gasteiger partial charge is 0.464 e. The van der Waals surface area contributed by atoms with Crippen molar-refractivity contribution < 1.29 is 28.7 Å². The number of esters is 1. The lowest BCUT2D eigenvalue weighted by molar-refractivity contribution is -0.155. The number of hydrogen-bond acceptors (Lipinski definition) is 12. The zero-order chi connectivity index (χ0) is 51.5. The Hall–Kier alpha value is -4.74. The molecule has 398 valence electrons. The van der Waals surface area contributed by atoms with Crippen LogP contribution >= 0.6 is 11.3 Å². The molecular weight excluding hydrogens is 951 g/mol. The smallest absolute Gasteiger partial charge is 0.324 e. The molecule has 3 aromatic heterocycles. The zero-order valence-electron chi connectivity index (χ0n) is 44.7. The summed E-state index contributed by atoms with van der Waals surface area (Å²) in [6, 6.07) is 9.16. The third-order valence-corrected chi connectivity index (χ3v) is 18.7. The van der Waals surface area contributed by atoms with Crippen molar-refractivity contribution in [2.24, 2.45) is 22.7 Å². The van der Waals surface area contributed by atoms with E-state index in [-0.39, 0.29) is 60.0 Å². The van der Waals surface area contributed by atoms with Crippen LogP contribution in [0, 0.1) is 22.7 Å². The molecule has 2 N–H and O–H groups in total. The lowest BCUT2D eigenvalue weighted by Crippen LogP contribution is -2.62. The standard InChI is InChI=1S/C58H79N9O6S/c1-7-65-46-20-19-39-29-41(46)42(51(65)40-15-10-23-59-48(40)36(2)3)31-57(4,5)35-73-56(71)43-16-11-25-67(62-43)54(69)44(30-47-60-45(39)32-74-47)61-53(68)50(37-13-8-9-14-37)63-26-21-58(33-63)22-27-64(34-58)55(70)52-49(38-17-18-38)66(52)24-12-28-72-6/h10,15,19-20,23,29,32,36-38,43-44,49-50,52,62H,7-9,11-14,16-18,21-22,24-28,30-31,33-35H2,1-6H3,(H,61,68)/t43-,44-,49+,50-,52+,58-,66?/m0/s1. The first kappa shape index (κ1) is 51.4. The average Bonchev–Trinajstić information content (AvgIpc) is 3.89. The van der Waals surface area contributed by atoms with Crippen molar-refractivity contribution in [2.45, 2.75) is 161 Å². The van der Waals surface area contributed by atoms with Gasteiger partial charge in [-0.3, -0.25) is 39.0 Å². The number of likely N-dealkylation sites (tertiary alicyclic amines) is 2. The van der Waals surface area contributed by atoms with E-state index in [2.05, 4.69) is 94.3 Å². The molecule has 6 fully saturated rings. The van der Waals surface area contributed by atoms with Gasteiger partial charge in [-0.25, -0.2) is 10.4 Å². The van der Waals surface area contributed by atoms with Crippen LogP contribution in [-0.2, 0) is 48.0 Å². The molecule has 0 radical (unpaired) electrons. The highest BCUT2D eigenvalue weighted by atomic mass is 32.1. The maximum absolute atomic E-state index is 15.2. The molecule has 8 heterocycles. The molecule has 74 heavy (non-hydrogen) atoms. The number of ether oxygens (including phenoxy) is 2. The lowest BCUT2D eigenvalue weighted by Gasteiger charge is -2.37. The minimum atomic E-state index is -0.920. The molecule has 2 aliphatic carbocycles. The SMILES string of the molecule is CCn1c(-c2cccnc2C(C)C)c2c3cc(ccc31)-c1csc(n1)C[C@H](NC(=O)[C@H](C1CCCC1)N1CC[C@]3(CCN(C(=O)[C@H]4[C@@H](C5CC5)N4CCCOC)C3)C1)C(=O)N1CCC[C@H](N1)C(=O)OCC(C)(C)C2. The van der Waals surface area contributed by atoms with E-state index in [4.69, 9.17) is 19.4 Å². The third kappa shape index (κ3) is 10.2. The molecule has 5 aliphatic heterocycles. The Morgan fingerprint density at radius 1 is 1.01 bits per heavy atom. The number of amides is 3. The maximum Gasteiger partial charge on any atom is 0.324 e. The van der Waals surface area contributed by atoms with Gasteiger partial charge in [-0.2, -0.15) is 0 Å². The van der Waals surface area contributed by atoms with E-state index >= 15 is 9.59 Å². The molecule has 11 rings (SSSR count). The van der Waals surface area contributed by atoms with Gasteiger partial charge in [0.25, 0.3) is 5.91 Å². The van der Waals surface area contributed by atoms with Crippen LogP contribution in [0.25, 0.3) is 33.4 Å². The van der Waals surface area contributed by atoms with Crippen LogP contribution in [0.1, 0.15) is 127 Å². The van der Waals surface area contributed by atoms with Crippen LogP contribution in [0.5, 0.6) is 0 Å². The number of carbonyl (C=O) groups excluding carboxylic acids is 4. The maximum atomic E-state index is 15.2. The van der Waals surface area contributed by atoms with Crippen LogP contribution in [0.3, 0.4) is 0 Å². The third-order valence-electron chi connectivity index (χ3n) is 17.8. The van der Waals surface area contributed by atoms with Gasteiger partial charge in [0.05, 0.1) is 34.7 Å². The second-order valence-electron chi connectivity index (χ2n) is 24.1. The molecule has 4 saturated heterocycles. The van der Waals surface area contributed by atoms with Gasteiger partial charge >= 0.3 is 5.97 Å². The highest BCUT2D eigenvalue weighted by Crippen LogP contribution is 2.50. The van der Waals surface area contributed by atoms with E-state index in [1.807, 2.05) is 12.3 Å². The van der Waals surface area contributed by atoms with Crippen molar-refractivity contribution in [3.8, 4) is 22.5 Å². The van der Waals surface area contributed by atoms with E-state index in [1.54, 1.807) is 12.1 Å². The number of aromatic nitrogens is 3. The summed E-state index contributed by atoms with van der Waals surface area (Å²) in [5.41, 5.74) is 10.2. The Morgan fingerprint density at radius 3 is 2.59 bits per heavy atom. The number of rotatable bonds is 13. The number of cyclic esters (lactones) is 1. The normalized spacial score (nSPS) is 28.1. The second kappa shape index (κ2) is 21.0. The number of hydrazine groups is 1. The molecule has 7 atom stereocenters. The first-order chi connectivity index (χ1) is 35.7. The Balaban J connectivity index is 0.877. The summed E-state index contributed by atoms with van der Waals surface area (Å²) in [7, 11) is 1.74. The Kier molecular flexibility index (Phi) is 14.6. The number of hydrogen-bond donors (Lipinski definition) is 2. The average molecular weight is 1030 g/mol. The quantitative estimate of drug-likeness (QED) is 0.0774. The van der Waals surface area contributed by atoms with Crippen molar-refractivity contribution in [2.75, 3.05) is 59.6 Å². The van der Waals surface area contributed by atoms with Gasteiger partial charge in [0, 0.05) is 110 Å². The van der Waals surface area contributed by atoms with E-state index < -0.39 is 23.5 Å². The van der Waals surface area contributed by atoms with Crippen LogP contribution in [0.2, 0.25) is 0 Å². The molecule has 2 saturated carbocycles. The summed E-state index contributed by atoms with van der Waals surface area (Å²) < 4.78 is 14.0. The van der Waals surface area contributed by atoms with Gasteiger partial charge in [-0.15, -0.1) is 11.3 Å². The second-order valence-corrected chi connectivity index (χ2v) is 25.1. The zero-order valence-corrected chi connectivity index (χ0v) is 45.5. The molecule has 6 bridgehead atoms. The number of carbonyl (C=O) groups is 4. The fourth-order valence-corrected chi connectivity index (χ4v) is 14.7. The Morgan fingerprint density at radius 2 is 1.82 bits per heavy atom. The van der Waals surface area contributed by atoms with Gasteiger partial charge in [0.15, 0.2) is 0 Å². The van der Waals surface area contributed by atoms with Gasteiger partial charge in [-0.05, 0) is 125 Å². The summed E-state index contributed by atoms with van der Waals surface area (Å²) in [6.45, 7) is 16.9. The fraction of sp³-hybridized carbons (Fsp3) is 0.655. The predicted molar refractivity (Wildman–Crippen MR) is 287 cm³/mol. The predicted octanol–water partition coefficient (Wildman–Crippen LogP) is 7.60. The van der Waals surface area contributed by atoms with Crippen LogP contribution in [0.4, 0.5) is 0 Å². The monoisotopic (exact) mass is 1030 g/mol. The van der Waals surface area contributed by atoms with E-state index in [0.717, 1.165) is 128 Å². The molecule has 1 spiro atoms. The number of benzene rings is 1. The summed E-state index contributed by atoms with van der Waals surface area (Å²) in [6.07, 6.45) is 13.2. The minimum Gasteiger partial charge on any atom is -0.464 e. The van der Waals surface area contributed by atoms with E-state index in [1.165, 1.54) is 29.7 Å². The minimum absolute atomic E-state index is 0.00443. The van der Waals surface area contributed by atoms with E-state index in [0.29, 0.717) is 44.4 Å². The summed E-state index contributed by atoms with van der Waals surface area (Å²) >= 11 is 1.51. The topological polar surface area (TPSA) is 154 Å². The van der Waals surface area contributed by atoms with Crippen LogP contribution < -0.4 is 10.7 Å². The Labute approximate surface area is 441 Å². The lowest BCUT2D eigenvalue weighted by atomic mass is 9.84. The number of methoxy groups -OCH3 is 1. The molecule has 16 heteroatoms. The number of pyridine rings is 1. The first-order valence-corrected chi connectivity index (χ1v) is 29.0. The van der Waals surface area contributed by atoms with Crippen LogP contribution in [0.15, 0.2) is 41.9 Å². The fourth-order valence-electron chi connectivity index (χ4n) is 13.9. The number of nitrogens with one attached hydrogen (secondary N) is 2. The van der Waals surface area contributed by atoms with E-state index in [9.17, 15) is 9.59 Å². The highest BCUT2D eigenvalue weighted by Gasteiger charge is 2.60. The van der Waals surface area contributed by atoms with Crippen molar-refractivity contribution in [3.05, 3.63) is 58.2 Å². The van der Waals surface area contributed by atoms with Gasteiger partial charge < -0.3 is 24.3 Å². The van der Waals surface area contributed by atoms with Gasteiger partial charge in [0.2, 0.25) is 11.8 Å². The molecular formula is C58H79N9O6S. The summed E-state index contributed by atoms with van der Waals surface area (Å²) in [5.74, 6) is 0.535. The molecule has 4 aromatic rings. The van der Waals surface area contributed by atoms with Gasteiger partial charge in [0.1, 0.15) is 18.1 Å². The molecule has 7 aliphatic rings. The Bertz CT molecular complexity index is 2740. The van der Waals surface area contributed by atoms with Crippen molar-refractivity contribution in [1.29, 1.82) is 0 Å². The number of thiazole rings is 1. The van der Waals surface area contributed by atoms with Crippen LogP contribution in [-0.4, -0.2) is 148 Å². The molecule has 3 amide bonds. The summed E-state index contributed by atoms with van der Waals surface area (Å²) in [5, 5.41) is 8.86. The number of fused-ring (bicyclic) bond motifs is 6. The van der Waals surface area contributed by atoms with Crippen molar-refractivity contribution in [1.82, 2.24) is 45.0 Å². The molecule has 15 nitrogen and oxygen atoms in total. The highest BCUT2D eigenvalue weighted by molar-refractivity contribution is 7.10. The summed E-state index contributed by atoms with van der Waals surface area (Å²) in [4.78, 5) is 75.6. The number of aryl methyl sites for hydroxylation is 1. The van der Waals surface area contributed by atoms with Gasteiger partial charge in [-0.1, -0.05) is 46.6 Å². The molecule has 1 aromatic carbocycles. The number of nitrogens with zero attached hydrogens (tertiary/aromatic N) is 7. The van der Waals surface area contributed by atoms with Crippen molar-refractivity contribution >= 4 is 45.9 Å².